The highest BCUT2D eigenvalue weighted by atomic mass is 16.6. The molecule has 12 nitrogen and oxygen atoms in total. The van der Waals surface area contributed by atoms with Crippen molar-refractivity contribution in [1.82, 2.24) is 9.97 Å². The standard InChI is InChI=1S/C22H21N5O7/c1-32-10-11-34-17-8-6-14(7-9-17)23-20-19(21(29)33-2)18(13-28)25-22(26-20)24-15-4-3-5-16(12-15)27(30)31/h3-9,12-13H,10-11H2,1-2H3,(H2,23,24,25,26). The SMILES string of the molecule is COCCOc1ccc(Nc2nc(Nc3cccc([N+](=O)[O-])c3)nc(C=O)c2C(=O)OC)cc1. The average molecular weight is 467 g/mol. The molecule has 2 aromatic carbocycles. The van der Waals surface area contributed by atoms with Gasteiger partial charge in [-0.2, -0.15) is 4.98 Å². The van der Waals surface area contributed by atoms with Gasteiger partial charge >= 0.3 is 5.97 Å². The molecule has 0 aliphatic rings. The predicted octanol–water partition coefficient (Wildman–Crippen LogP) is 3.50. The number of aldehydes is 1. The van der Waals surface area contributed by atoms with Gasteiger partial charge in [-0.3, -0.25) is 14.9 Å². The summed E-state index contributed by atoms with van der Waals surface area (Å²) in [5.74, 6) is -0.256. The van der Waals surface area contributed by atoms with Gasteiger partial charge in [0.25, 0.3) is 5.69 Å². The number of carbonyl (C=O) groups is 2. The summed E-state index contributed by atoms with van der Waals surface area (Å²) >= 11 is 0. The summed E-state index contributed by atoms with van der Waals surface area (Å²) in [5.41, 5.74) is 0.332. The molecule has 0 unspecified atom stereocenters. The number of methoxy groups -OCH3 is 2. The highest BCUT2D eigenvalue weighted by molar-refractivity contribution is 6.02. The fraction of sp³-hybridized carbons (Fsp3) is 0.182. The van der Waals surface area contributed by atoms with Crippen molar-refractivity contribution in [2.45, 2.75) is 0 Å². The zero-order chi connectivity index (χ0) is 24.5. The number of nitrogens with zero attached hydrogens (tertiary/aromatic N) is 3. The van der Waals surface area contributed by atoms with Crippen LogP contribution in [0.15, 0.2) is 48.5 Å². The van der Waals surface area contributed by atoms with Gasteiger partial charge < -0.3 is 24.8 Å². The summed E-state index contributed by atoms with van der Waals surface area (Å²) in [7, 11) is 2.74. The Morgan fingerprint density at radius 1 is 1.06 bits per heavy atom. The Bertz CT molecular complexity index is 1180. The van der Waals surface area contributed by atoms with Gasteiger partial charge in [0.15, 0.2) is 12.1 Å². The van der Waals surface area contributed by atoms with Gasteiger partial charge in [0, 0.05) is 30.6 Å². The van der Waals surface area contributed by atoms with Crippen molar-refractivity contribution in [1.29, 1.82) is 0 Å². The second kappa shape index (κ2) is 11.3. The van der Waals surface area contributed by atoms with E-state index in [1.165, 1.54) is 25.3 Å². The van der Waals surface area contributed by atoms with E-state index in [-0.39, 0.29) is 28.7 Å². The van der Waals surface area contributed by atoms with E-state index in [1.807, 2.05) is 0 Å². The Hall–Kier alpha value is -4.58. The maximum atomic E-state index is 12.4. The third kappa shape index (κ3) is 6.01. The number of benzene rings is 2. The molecule has 0 bridgehead atoms. The van der Waals surface area contributed by atoms with Crippen LogP contribution in [0.1, 0.15) is 20.8 Å². The van der Waals surface area contributed by atoms with Crippen LogP contribution in [0.25, 0.3) is 0 Å². The van der Waals surface area contributed by atoms with Crippen LogP contribution < -0.4 is 15.4 Å². The summed E-state index contributed by atoms with van der Waals surface area (Å²) in [4.78, 5) is 42.9. The highest BCUT2D eigenvalue weighted by Gasteiger charge is 2.22. The first kappa shape index (κ1) is 24.1. The maximum Gasteiger partial charge on any atom is 0.344 e. The van der Waals surface area contributed by atoms with Crippen LogP contribution >= 0.6 is 0 Å². The van der Waals surface area contributed by atoms with E-state index in [1.54, 1.807) is 37.4 Å². The zero-order valence-corrected chi connectivity index (χ0v) is 18.3. The van der Waals surface area contributed by atoms with Crippen molar-refractivity contribution >= 4 is 41.1 Å². The van der Waals surface area contributed by atoms with Gasteiger partial charge in [-0.1, -0.05) is 6.07 Å². The molecule has 3 aromatic rings. The minimum atomic E-state index is -0.814. The predicted molar refractivity (Wildman–Crippen MR) is 122 cm³/mol. The first-order valence-electron chi connectivity index (χ1n) is 9.91. The van der Waals surface area contributed by atoms with Crippen molar-refractivity contribution in [3.63, 3.8) is 0 Å². The van der Waals surface area contributed by atoms with Gasteiger partial charge in [-0.25, -0.2) is 9.78 Å². The molecule has 1 heterocycles. The Kier molecular flexibility index (Phi) is 8.02. The first-order chi connectivity index (χ1) is 16.4. The Morgan fingerprint density at radius 3 is 2.47 bits per heavy atom. The van der Waals surface area contributed by atoms with Crippen molar-refractivity contribution in [3.8, 4) is 5.75 Å². The summed E-state index contributed by atoms with van der Waals surface area (Å²) in [5, 5.41) is 16.8. The molecular weight excluding hydrogens is 446 g/mol. The average Bonchev–Trinajstić information content (AvgIpc) is 2.84. The molecule has 0 spiro atoms. The number of nitrogens with one attached hydrogen (secondary N) is 2. The number of aromatic nitrogens is 2. The number of nitro groups is 1. The van der Waals surface area contributed by atoms with Crippen molar-refractivity contribution in [3.05, 3.63) is 69.9 Å². The third-order valence-electron chi connectivity index (χ3n) is 4.42. The second-order valence-electron chi connectivity index (χ2n) is 6.69. The first-order valence-corrected chi connectivity index (χ1v) is 9.91. The third-order valence-corrected chi connectivity index (χ3v) is 4.42. The van der Waals surface area contributed by atoms with E-state index in [2.05, 4.69) is 20.6 Å². The number of hydrogen-bond acceptors (Lipinski definition) is 11. The van der Waals surface area contributed by atoms with Crippen LogP contribution in [0.4, 0.5) is 28.8 Å². The Labute approximate surface area is 194 Å². The lowest BCUT2D eigenvalue weighted by Crippen LogP contribution is -2.14. The summed E-state index contributed by atoms with van der Waals surface area (Å²) in [6.45, 7) is 0.829. The van der Waals surface area contributed by atoms with Crippen LogP contribution in [-0.4, -0.2) is 54.6 Å². The quantitative estimate of drug-likeness (QED) is 0.140. The van der Waals surface area contributed by atoms with Gasteiger partial charge in [-0.05, 0) is 30.3 Å². The summed E-state index contributed by atoms with van der Waals surface area (Å²) < 4.78 is 15.3. The normalized spacial score (nSPS) is 10.3. The molecule has 0 atom stereocenters. The van der Waals surface area contributed by atoms with Gasteiger partial charge in [0.1, 0.15) is 23.6 Å². The lowest BCUT2D eigenvalue weighted by atomic mass is 10.2. The number of carbonyl (C=O) groups excluding carboxylic acids is 2. The summed E-state index contributed by atoms with van der Waals surface area (Å²) in [6, 6.07) is 12.5. The Balaban J connectivity index is 1.94. The molecule has 176 valence electrons. The molecule has 0 aliphatic carbocycles. The van der Waals surface area contributed by atoms with E-state index >= 15 is 0 Å². The van der Waals surface area contributed by atoms with E-state index in [0.29, 0.717) is 36.6 Å². The number of nitro benzene ring substituents is 1. The number of rotatable bonds is 11. The van der Waals surface area contributed by atoms with E-state index < -0.39 is 10.9 Å². The molecule has 1 aromatic heterocycles. The fourth-order valence-electron chi connectivity index (χ4n) is 2.85. The van der Waals surface area contributed by atoms with Crippen LogP contribution in [-0.2, 0) is 9.47 Å². The van der Waals surface area contributed by atoms with Crippen LogP contribution in [0, 0.1) is 10.1 Å². The molecule has 12 heteroatoms. The highest BCUT2D eigenvalue weighted by Crippen LogP contribution is 2.26. The largest absolute Gasteiger partial charge is 0.491 e. The molecule has 2 N–H and O–H groups in total. The lowest BCUT2D eigenvalue weighted by Gasteiger charge is -2.14. The van der Waals surface area contributed by atoms with Crippen LogP contribution in [0.5, 0.6) is 5.75 Å². The lowest BCUT2D eigenvalue weighted by molar-refractivity contribution is -0.384. The monoisotopic (exact) mass is 467 g/mol. The molecule has 0 amide bonds. The van der Waals surface area contributed by atoms with E-state index in [4.69, 9.17) is 14.2 Å². The number of anilines is 4. The number of non-ortho nitro benzene ring substituents is 1. The van der Waals surface area contributed by atoms with Gasteiger partial charge in [-0.15, -0.1) is 0 Å². The van der Waals surface area contributed by atoms with Crippen molar-refractivity contribution in [2.75, 3.05) is 38.1 Å². The smallest absolute Gasteiger partial charge is 0.344 e. The number of hydrogen-bond donors (Lipinski definition) is 2. The fourth-order valence-corrected chi connectivity index (χ4v) is 2.85. The second-order valence-corrected chi connectivity index (χ2v) is 6.69. The Morgan fingerprint density at radius 2 is 1.82 bits per heavy atom. The molecule has 0 fully saturated rings. The van der Waals surface area contributed by atoms with Crippen LogP contribution in [0.3, 0.4) is 0 Å². The molecule has 0 saturated heterocycles. The van der Waals surface area contributed by atoms with Gasteiger partial charge in [0.2, 0.25) is 5.95 Å². The van der Waals surface area contributed by atoms with Crippen molar-refractivity contribution in [2.24, 2.45) is 0 Å². The van der Waals surface area contributed by atoms with Crippen LogP contribution in [0.2, 0.25) is 0 Å². The minimum absolute atomic E-state index is 0.00457. The summed E-state index contributed by atoms with van der Waals surface area (Å²) in [6.07, 6.45) is 0.393. The van der Waals surface area contributed by atoms with E-state index in [9.17, 15) is 19.7 Å². The molecule has 3 rings (SSSR count). The molecule has 34 heavy (non-hydrogen) atoms. The maximum absolute atomic E-state index is 12.4. The minimum Gasteiger partial charge on any atom is -0.491 e. The number of ether oxygens (including phenoxy) is 3. The number of esters is 1. The molecule has 0 radical (unpaired) electrons. The zero-order valence-electron chi connectivity index (χ0n) is 18.3. The topological polar surface area (TPSA) is 155 Å². The molecule has 0 saturated carbocycles. The molecule has 0 aliphatic heterocycles. The van der Waals surface area contributed by atoms with Gasteiger partial charge in [0.05, 0.1) is 18.6 Å². The van der Waals surface area contributed by atoms with Crippen molar-refractivity contribution < 1.29 is 28.7 Å². The molecular formula is C22H21N5O7. The van der Waals surface area contributed by atoms with E-state index in [0.717, 1.165) is 0 Å².